The number of nitrogens with zero attached hydrogens (tertiary/aromatic N) is 2. The number of pyridine rings is 1. The van der Waals surface area contributed by atoms with E-state index in [2.05, 4.69) is 4.98 Å². The third-order valence-electron chi connectivity index (χ3n) is 3.35. The molecule has 0 fully saturated rings. The number of hydrogen-bond acceptors (Lipinski definition) is 5. The molecule has 2 N–H and O–H groups in total. The Bertz CT molecular complexity index is 614. The second-order valence-electron chi connectivity index (χ2n) is 4.79. The van der Waals surface area contributed by atoms with Crippen molar-refractivity contribution in [3.8, 4) is 0 Å². The molecular formula is C16H19N3O2. The lowest BCUT2D eigenvalue weighted by molar-refractivity contribution is 0.0601. The Hall–Kier alpha value is -2.56. The first-order valence-corrected chi connectivity index (χ1v) is 6.69. The Labute approximate surface area is 124 Å². The van der Waals surface area contributed by atoms with Crippen LogP contribution in [-0.4, -0.2) is 31.7 Å². The molecule has 2 aromatic rings. The third-order valence-corrected chi connectivity index (χ3v) is 3.35. The number of hydrogen-bond donors (Lipinski definition) is 1. The normalized spacial score (nSPS) is 10.2. The minimum Gasteiger partial charge on any atom is -0.465 e. The lowest BCUT2D eigenvalue weighted by Gasteiger charge is -2.21. The van der Waals surface area contributed by atoms with Gasteiger partial charge in [-0.25, -0.2) is 4.79 Å². The summed E-state index contributed by atoms with van der Waals surface area (Å²) >= 11 is 0. The molecule has 2 rings (SSSR count). The Morgan fingerprint density at radius 2 is 2.00 bits per heavy atom. The van der Waals surface area contributed by atoms with Gasteiger partial charge in [-0.3, -0.25) is 4.98 Å². The standard InChI is InChI=1S/C16H19N3O2/c1-19(10-7-12-5-8-18-9-6-12)15-11-13(16(20)21-2)3-4-14(15)17/h3-6,8-9,11H,7,10,17H2,1-2H3. The Morgan fingerprint density at radius 3 is 2.67 bits per heavy atom. The van der Waals surface area contributed by atoms with Crippen LogP contribution in [0.25, 0.3) is 0 Å². The average molecular weight is 285 g/mol. The van der Waals surface area contributed by atoms with Crippen molar-refractivity contribution >= 4 is 17.3 Å². The van der Waals surface area contributed by atoms with Crippen LogP contribution < -0.4 is 10.6 Å². The summed E-state index contributed by atoms with van der Waals surface area (Å²) in [5.41, 5.74) is 9.17. The topological polar surface area (TPSA) is 68.5 Å². The van der Waals surface area contributed by atoms with Gasteiger partial charge in [0.1, 0.15) is 0 Å². The van der Waals surface area contributed by atoms with Gasteiger partial charge in [0, 0.05) is 26.0 Å². The summed E-state index contributed by atoms with van der Waals surface area (Å²) in [5.74, 6) is -0.362. The molecule has 0 radical (unpaired) electrons. The molecule has 21 heavy (non-hydrogen) atoms. The van der Waals surface area contributed by atoms with Crippen molar-refractivity contribution in [2.24, 2.45) is 0 Å². The molecule has 0 amide bonds. The minimum atomic E-state index is -0.362. The van der Waals surface area contributed by atoms with E-state index in [4.69, 9.17) is 10.5 Å². The first kappa shape index (κ1) is 14.8. The fourth-order valence-electron chi connectivity index (χ4n) is 2.09. The van der Waals surface area contributed by atoms with Crippen molar-refractivity contribution in [3.05, 3.63) is 53.9 Å². The molecule has 5 heteroatoms. The van der Waals surface area contributed by atoms with E-state index in [1.807, 2.05) is 24.1 Å². The second kappa shape index (κ2) is 6.74. The van der Waals surface area contributed by atoms with Crippen LogP contribution in [0.1, 0.15) is 15.9 Å². The quantitative estimate of drug-likeness (QED) is 0.673. The first-order valence-electron chi connectivity index (χ1n) is 6.69. The SMILES string of the molecule is COC(=O)c1ccc(N)c(N(C)CCc2ccncc2)c1. The smallest absolute Gasteiger partial charge is 0.337 e. The van der Waals surface area contributed by atoms with Crippen molar-refractivity contribution < 1.29 is 9.53 Å². The van der Waals surface area contributed by atoms with Gasteiger partial charge in [0.15, 0.2) is 0 Å². The summed E-state index contributed by atoms with van der Waals surface area (Å²) < 4.78 is 4.73. The van der Waals surface area contributed by atoms with Crippen LogP contribution >= 0.6 is 0 Å². The van der Waals surface area contributed by atoms with Gasteiger partial charge in [0.2, 0.25) is 0 Å². The largest absolute Gasteiger partial charge is 0.465 e. The van der Waals surface area contributed by atoms with Gasteiger partial charge in [-0.05, 0) is 42.3 Å². The summed E-state index contributed by atoms with van der Waals surface area (Å²) in [5, 5.41) is 0. The highest BCUT2D eigenvalue weighted by molar-refractivity contribution is 5.92. The van der Waals surface area contributed by atoms with E-state index in [1.54, 1.807) is 30.6 Å². The zero-order valence-electron chi connectivity index (χ0n) is 12.2. The number of carbonyl (C=O) groups excluding carboxylic acids is 1. The van der Waals surface area contributed by atoms with Crippen LogP contribution in [-0.2, 0) is 11.2 Å². The summed E-state index contributed by atoms with van der Waals surface area (Å²) in [6.07, 6.45) is 4.43. The van der Waals surface area contributed by atoms with Gasteiger partial charge in [0.25, 0.3) is 0 Å². The van der Waals surface area contributed by atoms with E-state index in [9.17, 15) is 4.79 Å². The number of benzene rings is 1. The second-order valence-corrected chi connectivity index (χ2v) is 4.79. The number of nitrogens with two attached hydrogens (primary N) is 1. The molecule has 0 saturated heterocycles. The molecule has 1 heterocycles. The summed E-state index contributed by atoms with van der Waals surface area (Å²) in [7, 11) is 3.32. The highest BCUT2D eigenvalue weighted by atomic mass is 16.5. The predicted octanol–water partition coefficient (Wildman–Crippen LogP) is 2.13. The predicted molar refractivity (Wildman–Crippen MR) is 83.4 cm³/mol. The maximum absolute atomic E-state index is 11.6. The molecule has 5 nitrogen and oxygen atoms in total. The monoisotopic (exact) mass is 285 g/mol. The molecule has 0 aliphatic carbocycles. The zero-order chi connectivity index (χ0) is 15.2. The molecule has 1 aromatic heterocycles. The molecule has 0 aliphatic heterocycles. The Balaban J connectivity index is 2.11. The molecule has 0 aliphatic rings. The summed E-state index contributed by atoms with van der Waals surface area (Å²) in [4.78, 5) is 17.6. The highest BCUT2D eigenvalue weighted by Gasteiger charge is 2.11. The van der Waals surface area contributed by atoms with Crippen molar-refractivity contribution in [2.75, 3.05) is 31.3 Å². The molecule has 0 saturated carbocycles. The highest BCUT2D eigenvalue weighted by Crippen LogP contribution is 2.24. The fraction of sp³-hybridized carbons (Fsp3) is 0.250. The summed E-state index contributed by atoms with van der Waals surface area (Å²) in [6.45, 7) is 0.791. The molecule has 1 aromatic carbocycles. The average Bonchev–Trinajstić information content (AvgIpc) is 2.53. The maximum atomic E-state index is 11.6. The van der Waals surface area contributed by atoms with Crippen LogP contribution in [0.3, 0.4) is 0 Å². The first-order chi connectivity index (χ1) is 10.1. The van der Waals surface area contributed by atoms with Crippen molar-refractivity contribution in [2.45, 2.75) is 6.42 Å². The summed E-state index contributed by atoms with van der Waals surface area (Å²) in [6, 6.07) is 9.13. The van der Waals surface area contributed by atoms with Gasteiger partial charge in [0.05, 0.1) is 24.0 Å². The van der Waals surface area contributed by atoms with Gasteiger partial charge >= 0.3 is 5.97 Å². The number of likely N-dealkylation sites (N-methyl/N-ethyl adjacent to an activating group) is 1. The van der Waals surface area contributed by atoms with Crippen LogP contribution in [0.5, 0.6) is 0 Å². The lowest BCUT2D eigenvalue weighted by atomic mass is 10.1. The molecular weight excluding hydrogens is 266 g/mol. The van der Waals surface area contributed by atoms with Gasteiger partial charge in [-0.2, -0.15) is 0 Å². The number of esters is 1. The number of rotatable bonds is 5. The van der Waals surface area contributed by atoms with Crippen LogP contribution in [0.2, 0.25) is 0 Å². The van der Waals surface area contributed by atoms with Crippen molar-refractivity contribution in [1.29, 1.82) is 0 Å². The third kappa shape index (κ3) is 3.72. The van der Waals surface area contributed by atoms with Crippen molar-refractivity contribution in [1.82, 2.24) is 4.98 Å². The van der Waals surface area contributed by atoms with E-state index in [-0.39, 0.29) is 5.97 Å². The Morgan fingerprint density at radius 1 is 1.29 bits per heavy atom. The van der Waals surface area contributed by atoms with E-state index >= 15 is 0 Å². The number of anilines is 2. The van der Waals surface area contributed by atoms with E-state index in [0.29, 0.717) is 11.3 Å². The van der Waals surface area contributed by atoms with E-state index in [0.717, 1.165) is 18.7 Å². The number of carbonyl (C=O) groups is 1. The molecule has 0 atom stereocenters. The zero-order valence-corrected chi connectivity index (χ0v) is 12.2. The minimum absolute atomic E-state index is 0.362. The molecule has 0 spiro atoms. The van der Waals surface area contributed by atoms with E-state index in [1.165, 1.54) is 12.7 Å². The van der Waals surface area contributed by atoms with Crippen LogP contribution in [0, 0.1) is 0 Å². The number of methoxy groups -OCH3 is 1. The number of nitrogen functional groups attached to an aromatic ring is 1. The number of ether oxygens (including phenoxy) is 1. The van der Waals surface area contributed by atoms with Gasteiger partial charge < -0.3 is 15.4 Å². The molecule has 0 bridgehead atoms. The maximum Gasteiger partial charge on any atom is 0.337 e. The molecule has 0 unspecified atom stereocenters. The lowest BCUT2D eigenvalue weighted by Crippen LogP contribution is -2.22. The van der Waals surface area contributed by atoms with Crippen molar-refractivity contribution in [3.63, 3.8) is 0 Å². The Kier molecular flexibility index (Phi) is 4.77. The van der Waals surface area contributed by atoms with E-state index < -0.39 is 0 Å². The van der Waals surface area contributed by atoms with Gasteiger partial charge in [-0.15, -0.1) is 0 Å². The molecule has 110 valence electrons. The fourth-order valence-corrected chi connectivity index (χ4v) is 2.09. The van der Waals surface area contributed by atoms with Crippen LogP contribution in [0.4, 0.5) is 11.4 Å². The van der Waals surface area contributed by atoms with Crippen LogP contribution in [0.15, 0.2) is 42.7 Å². The van der Waals surface area contributed by atoms with Gasteiger partial charge in [-0.1, -0.05) is 0 Å². The number of aromatic nitrogens is 1.